The minimum atomic E-state index is 0.213. The number of carbonyl (C=O) groups excluding carboxylic acids is 1. The Labute approximate surface area is 108 Å². The Morgan fingerprint density at radius 2 is 2.18 bits per heavy atom. The molecule has 1 heterocycles. The van der Waals surface area contributed by atoms with Gasteiger partial charge in [-0.3, -0.25) is 4.79 Å². The number of ether oxygens (including phenoxy) is 1. The molecule has 0 bridgehead atoms. The van der Waals surface area contributed by atoms with Crippen LogP contribution in [0.1, 0.15) is 32.1 Å². The molecule has 0 aromatic carbocycles. The summed E-state index contributed by atoms with van der Waals surface area (Å²) < 4.78 is 5.34. The predicted molar refractivity (Wildman–Crippen MR) is 68.2 cm³/mol. The van der Waals surface area contributed by atoms with Gasteiger partial charge in [0.1, 0.15) is 0 Å². The fraction of sp³-hybridized carbons (Fsp3) is 0.923. The summed E-state index contributed by atoms with van der Waals surface area (Å²) in [7, 11) is 1.76. The first-order valence-corrected chi connectivity index (χ1v) is 7.08. The largest absolute Gasteiger partial charge is 0.384 e. The van der Waals surface area contributed by atoms with Gasteiger partial charge in [0.25, 0.3) is 0 Å². The van der Waals surface area contributed by atoms with Crippen LogP contribution in [0.4, 0.5) is 0 Å². The van der Waals surface area contributed by atoms with Crippen LogP contribution in [0.2, 0.25) is 0 Å². The minimum absolute atomic E-state index is 0.213. The number of halogens is 1. The number of rotatable bonds is 4. The van der Waals surface area contributed by atoms with E-state index in [0.29, 0.717) is 23.6 Å². The highest BCUT2D eigenvalue weighted by atomic mass is 35.5. The summed E-state index contributed by atoms with van der Waals surface area (Å²) in [6.45, 7) is 2.57. The fourth-order valence-corrected chi connectivity index (χ4v) is 3.70. The minimum Gasteiger partial charge on any atom is -0.384 e. The third-order valence-electron chi connectivity index (χ3n) is 4.44. The monoisotopic (exact) mass is 259 g/mol. The Hall–Kier alpha value is -0.280. The number of amides is 1. The van der Waals surface area contributed by atoms with Gasteiger partial charge in [0.2, 0.25) is 5.91 Å². The highest BCUT2D eigenvalue weighted by Crippen LogP contribution is 2.49. The molecule has 0 N–H and O–H groups in total. The van der Waals surface area contributed by atoms with E-state index in [-0.39, 0.29) is 5.91 Å². The van der Waals surface area contributed by atoms with E-state index in [1.807, 2.05) is 4.90 Å². The zero-order valence-corrected chi connectivity index (χ0v) is 11.3. The molecule has 1 aliphatic heterocycles. The van der Waals surface area contributed by atoms with Gasteiger partial charge in [-0.05, 0) is 18.3 Å². The molecule has 98 valence electrons. The highest BCUT2D eigenvalue weighted by Gasteiger charge is 2.48. The number of alkyl halides is 1. The third kappa shape index (κ3) is 2.60. The number of nitrogens with zero attached hydrogens (tertiary/aromatic N) is 1. The number of hydrogen-bond donors (Lipinski definition) is 0. The lowest BCUT2D eigenvalue weighted by Gasteiger charge is -2.29. The Balaban J connectivity index is 2.03. The molecule has 1 saturated heterocycles. The van der Waals surface area contributed by atoms with E-state index in [1.165, 1.54) is 25.7 Å². The van der Waals surface area contributed by atoms with Crippen molar-refractivity contribution in [3.8, 4) is 0 Å². The SMILES string of the molecule is COC[C@H]1CN(C(=O)CCCl)CC12CCCC2. The molecule has 0 aromatic rings. The lowest BCUT2D eigenvalue weighted by atomic mass is 9.77. The molecule has 2 aliphatic rings. The zero-order chi connectivity index (χ0) is 12.3. The van der Waals surface area contributed by atoms with E-state index in [0.717, 1.165) is 19.7 Å². The molecule has 1 atom stereocenters. The van der Waals surface area contributed by atoms with Crippen molar-refractivity contribution in [3.63, 3.8) is 0 Å². The maximum atomic E-state index is 11.9. The summed E-state index contributed by atoms with van der Waals surface area (Å²) in [5.74, 6) is 1.16. The number of likely N-dealkylation sites (tertiary alicyclic amines) is 1. The molecule has 17 heavy (non-hydrogen) atoms. The summed E-state index contributed by atoms with van der Waals surface area (Å²) in [6, 6.07) is 0. The van der Waals surface area contributed by atoms with Crippen LogP contribution in [0.5, 0.6) is 0 Å². The van der Waals surface area contributed by atoms with Gasteiger partial charge in [-0.2, -0.15) is 0 Å². The van der Waals surface area contributed by atoms with Crippen LogP contribution in [0.3, 0.4) is 0 Å². The topological polar surface area (TPSA) is 29.5 Å². The van der Waals surface area contributed by atoms with Crippen molar-refractivity contribution >= 4 is 17.5 Å². The lowest BCUT2D eigenvalue weighted by Crippen LogP contribution is -2.31. The van der Waals surface area contributed by atoms with E-state index in [4.69, 9.17) is 16.3 Å². The van der Waals surface area contributed by atoms with Crippen molar-refractivity contribution in [2.45, 2.75) is 32.1 Å². The Kier molecular flexibility index (Phi) is 4.31. The first-order valence-electron chi connectivity index (χ1n) is 6.54. The number of carbonyl (C=O) groups is 1. The Morgan fingerprint density at radius 1 is 1.47 bits per heavy atom. The normalized spacial score (nSPS) is 26.9. The van der Waals surface area contributed by atoms with E-state index < -0.39 is 0 Å². The summed E-state index contributed by atoms with van der Waals surface area (Å²) >= 11 is 5.65. The molecule has 1 aliphatic carbocycles. The average molecular weight is 260 g/mol. The molecule has 1 spiro atoms. The Bertz CT molecular complexity index is 277. The maximum Gasteiger partial charge on any atom is 0.223 e. The van der Waals surface area contributed by atoms with E-state index >= 15 is 0 Å². The van der Waals surface area contributed by atoms with Crippen LogP contribution >= 0.6 is 11.6 Å². The first kappa shape index (κ1) is 13.2. The van der Waals surface area contributed by atoms with Crippen molar-refractivity contribution in [2.75, 3.05) is 32.7 Å². The molecule has 2 fully saturated rings. The van der Waals surface area contributed by atoms with E-state index in [2.05, 4.69) is 0 Å². The molecule has 0 aromatic heterocycles. The summed E-state index contributed by atoms with van der Waals surface area (Å²) in [5, 5.41) is 0. The molecule has 1 saturated carbocycles. The van der Waals surface area contributed by atoms with Gasteiger partial charge in [-0.1, -0.05) is 12.8 Å². The predicted octanol–water partition coefficient (Wildman–Crippen LogP) is 2.28. The van der Waals surface area contributed by atoms with Crippen LogP contribution in [-0.2, 0) is 9.53 Å². The third-order valence-corrected chi connectivity index (χ3v) is 4.63. The van der Waals surface area contributed by atoms with Gasteiger partial charge >= 0.3 is 0 Å². The summed E-state index contributed by atoms with van der Waals surface area (Å²) in [6.07, 6.45) is 5.59. The second-order valence-electron chi connectivity index (χ2n) is 5.43. The van der Waals surface area contributed by atoms with Crippen LogP contribution in [0.25, 0.3) is 0 Å². The Morgan fingerprint density at radius 3 is 2.76 bits per heavy atom. The van der Waals surface area contributed by atoms with Crippen LogP contribution in [-0.4, -0.2) is 43.5 Å². The number of methoxy groups -OCH3 is 1. The average Bonchev–Trinajstić information content (AvgIpc) is 2.90. The van der Waals surface area contributed by atoms with Crippen LogP contribution in [0.15, 0.2) is 0 Å². The maximum absolute atomic E-state index is 11.9. The van der Waals surface area contributed by atoms with E-state index in [1.54, 1.807) is 7.11 Å². The van der Waals surface area contributed by atoms with E-state index in [9.17, 15) is 4.79 Å². The summed E-state index contributed by atoms with van der Waals surface area (Å²) in [4.78, 5) is 13.9. The van der Waals surface area contributed by atoms with Gasteiger partial charge < -0.3 is 9.64 Å². The first-order chi connectivity index (χ1) is 8.22. The van der Waals surface area contributed by atoms with Crippen molar-refractivity contribution in [1.82, 2.24) is 4.90 Å². The smallest absolute Gasteiger partial charge is 0.223 e. The van der Waals surface area contributed by atoms with Gasteiger partial charge in [-0.15, -0.1) is 11.6 Å². The molecule has 2 rings (SSSR count). The molecule has 3 nitrogen and oxygen atoms in total. The number of hydrogen-bond acceptors (Lipinski definition) is 2. The molecular formula is C13H22ClNO2. The quantitative estimate of drug-likeness (QED) is 0.725. The summed E-state index contributed by atoms with van der Waals surface area (Å²) in [5.41, 5.74) is 0.345. The fourth-order valence-electron chi connectivity index (χ4n) is 3.54. The molecule has 1 amide bonds. The van der Waals surface area contributed by atoms with Gasteiger partial charge in [0.05, 0.1) is 6.61 Å². The van der Waals surface area contributed by atoms with Crippen LogP contribution < -0.4 is 0 Å². The van der Waals surface area contributed by atoms with Crippen molar-refractivity contribution in [2.24, 2.45) is 11.3 Å². The zero-order valence-electron chi connectivity index (χ0n) is 10.6. The standard InChI is InChI=1S/C13H22ClNO2/c1-17-9-11-8-15(12(16)4-7-14)10-13(11)5-2-3-6-13/h11H,2-10H2,1H3/t11-/m1/s1. The van der Waals surface area contributed by atoms with Gasteiger partial charge in [-0.25, -0.2) is 0 Å². The molecule has 4 heteroatoms. The second-order valence-corrected chi connectivity index (χ2v) is 5.81. The molecule has 0 unspecified atom stereocenters. The molecule has 0 radical (unpaired) electrons. The second kappa shape index (κ2) is 5.57. The van der Waals surface area contributed by atoms with Gasteiger partial charge in [0.15, 0.2) is 0 Å². The van der Waals surface area contributed by atoms with Gasteiger partial charge in [0, 0.05) is 38.4 Å². The lowest BCUT2D eigenvalue weighted by molar-refractivity contribution is -0.130. The van der Waals surface area contributed by atoms with Crippen molar-refractivity contribution in [1.29, 1.82) is 0 Å². The van der Waals surface area contributed by atoms with Crippen molar-refractivity contribution in [3.05, 3.63) is 0 Å². The van der Waals surface area contributed by atoms with Crippen LogP contribution in [0, 0.1) is 11.3 Å². The highest BCUT2D eigenvalue weighted by molar-refractivity contribution is 6.18. The molecular weight excluding hydrogens is 238 g/mol. The van der Waals surface area contributed by atoms with Crippen molar-refractivity contribution < 1.29 is 9.53 Å².